The number of carbonyl (C=O) groups excluding carboxylic acids is 1. The number of nitrogens with zero attached hydrogens (tertiary/aromatic N) is 2. The Balaban J connectivity index is 1.56. The minimum absolute atomic E-state index is 0.228. The third-order valence-corrected chi connectivity index (χ3v) is 4.25. The van der Waals surface area contributed by atoms with Crippen LogP contribution in [0, 0.1) is 0 Å². The predicted octanol–water partition coefficient (Wildman–Crippen LogP) is 4.63. The number of ether oxygens (including phenoxy) is 1. The van der Waals surface area contributed by atoms with E-state index in [1.54, 1.807) is 31.6 Å². The van der Waals surface area contributed by atoms with Crippen molar-refractivity contribution < 1.29 is 9.53 Å². The molecule has 138 valence electrons. The number of carbonyl (C=O) groups is 1. The topological polar surface area (TPSA) is 76.1 Å². The number of methoxy groups -OCH3 is 1. The molecule has 2 aromatic heterocycles. The van der Waals surface area contributed by atoms with Crippen LogP contribution in [-0.2, 0) is 0 Å². The predicted molar refractivity (Wildman–Crippen MR) is 110 cm³/mol. The molecule has 0 saturated carbocycles. The fraction of sp³-hybridized carbons (Fsp3) is 0.0455. The Morgan fingerprint density at radius 2 is 1.79 bits per heavy atom. The zero-order valence-electron chi connectivity index (χ0n) is 15.2. The average molecular weight is 370 g/mol. The van der Waals surface area contributed by atoms with Crippen LogP contribution in [0.25, 0.3) is 10.9 Å². The maximum Gasteiger partial charge on any atom is 0.255 e. The lowest BCUT2D eigenvalue weighted by Gasteiger charge is -2.10. The van der Waals surface area contributed by atoms with Crippen molar-refractivity contribution in [2.45, 2.75) is 0 Å². The first-order valence-electron chi connectivity index (χ1n) is 8.75. The molecule has 1 amide bonds. The van der Waals surface area contributed by atoms with E-state index in [9.17, 15) is 4.79 Å². The van der Waals surface area contributed by atoms with Gasteiger partial charge in [-0.2, -0.15) is 0 Å². The molecule has 0 unspecified atom stereocenters. The summed E-state index contributed by atoms with van der Waals surface area (Å²) in [4.78, 5) is 21.4. The molecule has 0 aliphatic rings. The molecule has 28 heavy (non-hydrogen) atoms. The number of pyridine rings is 2. The number of hydrogen-bond acceptors (Lipinski definition) is 5. The van der Waals surface area contributed by atoms with Gasteiger partial charge >= 0.3 is 0 Å². The molecule has 6 heteroatoms. The maximum absolute atomic E-state index is 12.7. The van der Waals surface area contributed by atoms with Crippen LogP contribution >= 0.6 is 0 Å². The Bertz CT molecular complexity index is 1140. The van der Waals surface area contributed by atoms with E-state index in [1.165, 1.54) is 0 Å². The van der Waals surface area contributed by atoms with E-state index in [4.69, 9.17) is 4.74 Å². The third kappa shape index (κ3) is 3.76. The van der Waals surface area contributed by atoms with E-state index in [0.29, 0.717) is 17.1 Å². The SMILES string of the molecule is COc1cccc(Nc2cc(C(=O)Nc3cccc4cccnc34)ccn2)c1. The summed E-state index contributed by atoms with van der Waals surface area (Å²) in [5.74, 6) is 1.08. The van der Waals surface area contributed by atoms with Gasteiger partial charge in [0.15, 0.2) is 0 Å². The Labute approximate surface area is 162 Å². The molecule has 0 atom stereocenters. The van der Waals surface area contributed by atoms with Crippen molar-refractivity contribution in [2.75, 3.05) is 17.7 Å². The van der Waals surface area contributed by atoms with Crippen molar-refractivity contribution in [2.24, 2.45) is 0 Å². The second kappa shape index (κ2) is 7.75. The number of rotatable bonds is 5. The number of aromatic nitrogens is 2. The first-order valence-corrected chi connectivity index (χ1v) is 8.75. The van der Waals surface area contributed by atoms with Gasteiger partial charge in [-0.3, -0.25) is 9.78 Å². The number of fused-ring (bicyclic) bond motifs is 1. The van der Waals surface area contributed by atoms with E-state index in [1.807, 2.05) is 54.6 Å². The second-order valence-electron chi connectivity index (χ2n) is 6.12. The molecule has 2 N–H and O–H groups in total. The van der Waals surface area contributed by atoms with Crippen LogP contribution in [0.4, 0.5) is 17.2 Å². The van der Waals surface area contributed by atoms with Gasteiger partial charge < -0.3 is 15.4 Å². The summed E-state index contributed by atoms with van der Waals surface area (Å²) in [6, 6.07) is 20.4. The molecule has 0 aliphatic carbocycles. The molecular formula is C22H18N4O2. The zero-order chi connectivity index (χ0) is 19.3. The van der Waals surface area contributed by atoms with Crippen molar-refractivity contribution in [1.82, 2.24) is 9.97 Å². The zero-order valence-corrected chi connectivity index (χ0v) is 15.2. The van der Waals surface area contributed by atoms with Crippen LogP contribution in [0.5, 0.6) is 5.75 Å². The Morgan fingerprint density at radius 1 is 0.929 bits per heavy atom. The Kier molecular flexibility index (Phi) is 4.84. The van der Waals surface area contributed by atoms with Crippen LogP contribution in [-0.4, -0.2) is 23.0 Å². The van der Waals surface area contributed by atoms with Crippen molar-refractivity contribution in [3.63, 3.8) is 0 Å². The minimum Gasteiger partial charge on any atom is -0.497 e. The second-order valence-corrected chi connectivity index (χ2v) is 6.12. The number of anilines is 3. The molecule has 0 saturated heterocycles. The molecule has 0 fully saturated rings. The highest BCUT2D eigenvalue weighted by Crippen LogP contribution is 2.23. The first kappa shape index (κ1) is 17.5. The lowest BCUT2D eigenvalue weighted by molar-refractivity contribution is 0.102. The summed E-state index contributed by atoms with van der Waals surface area (Å²) in [7, 11) is 1.62. The summed E-state index contributed by atoms with van der Waals surface area (Å²) >= 11 is 0. The highest BCUT2D eigenvalue weighted by Gasteiger charge is 2.10. The van der Waals surface area contributed by atoms with E-state index >= 15 is 0 Å². The van der Waals surface area contributed by atoms with Gasteiger partial charge in [0, 0.05) is 35.1 Å². The standard InChI is InChI=1S/C22H18N4O2/c1-28-18-8-3-7-17(14-18)25-20-13-16(10-12-23-20)22(27)26-19-9-2-5-15-6-4-11-24-21(15)19/h2-14H,1H3,(H,23,25)(H,26,27). The Hall–Kier alpha value is -3.93. The van der Waals surface area contributed by atoms with Crippen molar-refractivity contribution >= 4 is 34.0 Å². The maximum atomic E-state index is 12.7. The molecule has 0 spiro atoms. The average Bonchev–Trinajstić information content (AvgIpc) is 2.74. The van der Waals surface area contributed by atoms with Crippen molar-refractivity contribution in [3.8, 4) is 5.75 Å². The summed E-state index contributed by atoms with van der Waals surface area (Å²) in [5.41, 5.74) is 2.74. The van der Waals surface area contributed by atoms with Crippen LogP contribution in [0.1, 0.15) is 10.4 Å². The third-order valence-electron chi connectivity index (χ3n) is 4.25. The lowest BCUT2D eigenvalue weighted by atomic mass is 10.1. The quantitative estimate of drug-likeness (QED) is 0.535. The molecule has 4 aromatic rings. The molecule has 6 nitrogen and oxygen atoms in total. The highest BCUT2D eigenvalue weighted by molar-refractivity contribution is 6.08. The smallest absolute Gasteiger partial charge is 0.255 e. The lowest BCUT2D eigenvalue weighted by Crippen LogP contribution is -2.13. The molecule has 0 bridgehead atoms. The summed E-state index contributed by atoms with van der Waals surface area (Å²) in [6.07, 6.45) is 3.30. The van der Waals surface area contributed by atoms with Gasteiger partial charge in [-0.1, -0.05) is 24.3 Å². The fourth-order valence-electron chi connectivity index (χ4n) is 2.89. The van der Waals surface area contributed by atoms with Gasteiger partial charge in [0.25, 0.3) is 5.91 Å². The van der Waals surface area contributed by atoms with E-state index in [0.717, 1.165) is 22.3 Å². The largest absolute Gasteiger partial charge is 0.497 e. The summed E-state index contributed by atoms with van der Waals surface area (Å²) in [6.45, 7) is 0. The normalized spacial score (nSPS) is 10.5. The highest BCUT2D eigenvalue weighted by atomic mass is 16.5. The number of benzene rings is 2. The molecular weight excluding hydrogens is 352 g/mol. The summed E-state index contributed by atoms with van der Waals surface area (Å²) in [5, 5.41) is 7.09. The van der Waals surface area contributed by atoms with Gasteiger partial charge in [-0.25, -0.2) is 4.98 Å². The van der Waals surface area contributed by atoms with Crippen molar-refractivity contribution in [1.29, 1.82) is 0 Å². The van der Waals surface area contributed by atoms with E-state index in [-0.39, 0.29) is 5.91 Å². The van der Waals surface area contributed by atoms with Gasteiger partial charge in [0.2, 0.25) is 0 Å². The Morgan fingerprint density at radius 3 is 2.68 bits per heavy atom. The molecule has 2 aromatic carbocycles. The summed E-state index contributed by atoms with van der Waals surface area (Å²) < 4.78 is 5.23. The molecule has 4 rings (SSSR count). The monoisotopic (exact) mass is 370 g/mol. The van der Waals surface area contributed by atoms with E-state index in [2.05, 4.69) is 20.6 Å². The van der Waals surface area contributed by atoms with Crippen molar-refractivity contribution in [3.05, 3.63) is 84.7 Å². The molecule has 0 aliphatic heterocycles. The van der Waals surface area contributed by atoms with Crippen LogP contribution in [0.3, 0.4) is 0 Å². The van der Waals surface area contributed by atoms with Gasteiger partial charge in [0.05, 0.1) is 18.3 Å². The van der Waals surface area contributed by atoms with Gasteiger partial charge in [-0.05, 0) is 36.4 Å². The molecule has 0 radical (unpaired) electrons. The van der Waals surface area contributed by atoms with E-state index < -0.39 is 0 Å². The number of para-hydroxylation sites is 1. The van der Waals surface area contributed by atoms with Gasteiger partial charge in [0.1, 0.15) is 11.6 Å². The number of hydrogen-bond donors (Lipinski definition) is 2. The fourth-order valence-corrected chi connectivity index (χ4v) is 2.89. The van der Waals surface area contributed by atoms with Crippen LogP contribution in [0.2, 0.25) is 0 Å². The molecule has 2 heterocycles. The minimum atomic E-state index is -0.228. The number of amides is 1. The van der Waals surface area contributed by atoms with Crippen LogP contribution in [0.15, 0.2) is 79.1 Å². The van der Waals surface area contributed by atoms with Crippen LogP contribution < -0.4 is 15.4 Å². The first-order chi connectivity index (χ1) is 13.7. The van der Waals surface area contributed by atoms with Gasteiger partial charge in [-0.15, -0.1) is 0 Å². The number of nitrogens with one attached hydrogen (secondary N) is 2.